The Balaban J connectivity index is 2.38. The normalized spacial score (nSPS) is 14.1. The molecule has 1 heterocycles. The summed E-state index contributed by atoms with van der Waals surface area (Å²) in [5.74, 6) is 1.04. The van der Waals surface area contributed by atoms with Gasteiger partial charge in [0.2, 0.25) is 5.75 Å². The highest BCUT2D eigenvalue weighted by Crippen LogP contribution is 2.40. The average Bonchev–Trinajstić information content (AvgIpc) is 2.23. The topological polar surface area (TPSA) is 58.9 Å². The van der Waals surface area contributed by atoms with Crippen molar-refractivity contribution < 1.29 is 19.7 Å². The predicted molar refractivity (Wildman–Crippen MR) is 49.9 cm³/mol. The van der Waals surface area contributed by atoms with Gasteiger partial charge < -0.3 is 19.7 Å². The Morgan fingerprint density at radius 3 is 2.79 bits per heavy atom. The lowest BCUT2D eigenvalue weighted by atomic mass is 10.1. The van der Waals surface area contributed by atoms with Gasteiger partial charge in [0, 0.05) is 12.2 Å². The quantitative estimate of drug-likeness (QED) is 0.731. The summed E-state index contributed by atoms with van der Waals surface area (Å²) in [5.41, 5.74) is 0.678. The molecule has 2 rings (SSSR count). The monoisotopic (exact) mass is 196 g/mol. The Morgan fingerprint density at radius 2 is 2.00 bits per heavy atom. The molecule has 0 fully saturated rings. The van der Waals surface area contributed by atoms with Crippen LogP contribution in [0, 0.1) is 0 Å². The minimum Gasteiger partial charge on any atom is -0.504 e. The van der Waals surface area contributed by atoms with Crippen LogP contribution in [0.4, 0.5) is 0 Å². The molecular formula is C10H12O4. The third-order valence-corrected chi connectivity index (χ3v) is 2.15. The molecule has 0 spiro atoms. The fraction of sp³-hybridized carbons (Fsp3) is 0.400. The molecule has 0 bridgehead atoms. The van der Waals surface area contributed by atoms with Crippen molar-refractivity contribution >= 4 is 0 Å². The average molecular weight is 196 g/mol. The summed E-state index contributed by atoms with van der Waals surface area (Å²) in [6, 6.07) is 3.48. The van der Waals surface area contributed by atoms with Gasteiger partial charge in [-0.05, 0) is 12.5 Å². The lowest BCUT2D eigenvalue weighted by molar-refractivity contribution is 0.165. The standard InChI is InChI=1S/C10H12O4/c11-4-3-7-1-2-8-10(9(7)12)14-6-5-13-8/h1-2,11-12H,3-6H2. The molecule has 0 amide bonds. The Labute approximate surface area is 81.7 Å². The van der Waals surface area contributed by atoms with E-state index in [4.69, 9.17) is 14.6 Å². The molecule has 4 heteroatoms. The number of rotatable bonds is 2. The zero-order chi connectivity index (χ0) is 9.97. The van der Waals surface area contributed by atoms with Gasteiger partial charge in [-0.25, -0.2) is 0 Å². The van der Waals surface area contributed by atoms with Crippen LogP contribution in [0.25, 0.3) is 0 Å². The van der Waals surface area contributed by atoms with Crippen LogP contribution in [-0.2, 0) is 6.42 Å². The van der Waals surface area contributed by atoms with Crippen molar-refractivity contribution in [3.63, 3.8) is 0 Å². The van der Waals surface area contributed by atoms with Crippen molar-refractivity contribution in [2.75, 3.05) is 19.8 Å². The number of ether oxygens (including phenoxy) is 2. The van der Waals surface area contributed by atoms with Crippen molar-refractivity contribution in [3.05, 3.63) is 17.7 Å². The van der Waals surface area contributed by atoms with E-state index in [9.17, 15) is 5.11 Å². The SMILES string of the molecule is OCCc1ccc2c(c1O)OCCO2. The molecule has 0 radical (unpaired) electrons. The third-order valence-electron chi connectivity index (χ3n) is 2.15. The molecule has 1 aromatic carbocycles. The number of phenolic OH excluding ortho intramolecular Hbond substituents is 1. The highest BCUT2D eigenvalue weighted by atomic mass is 16.6. The second kappa shape index (κ2) is 3.75. The molecule has 0 saturated heterocycles. The first-order valence-electron chi connectivity index (χ1n) is 4.54. The van der Waals surface area contributed by atoms with Gasteiger partial charge in [0.15, 0.2) is 11.5 Å². The number of hydrogen-bond donors (Lipinski definition) is 2. The number of aliphatic hydroxyl groups is 1. The lowest BCUT2D eigenvalue weighted by Crippen LogP contribution is -2.15. The van der Waals surface area contributed by atoms with Gasteiger partial charge in [0.05, 0.1) is 0 Å². The van der Waals surface area contributed by atoms with Gasteiger partial charge in [0.1, 0.15) is 13.2 Å². The van der Waals surface area contributed by atoms with Gasteiger partial charge in [-0.3, -0.25) is 0 Å². The molecule has 0 atom stereocenters. The van der Waals surface area contributed by atoms with E-state index in [1.54, 1.807) is 12.1 Å². The third kappa shape index (κ3) is 1.48. The summed E-state index contributed by atoms with van der Waals surface area (Å²) < 4.78 is 10.6. The lowest BCUT2D eigenvalue weighted by Gasteiger charge is -2.20. The number of hydrogen-bond acceptors (Lipinski definition) is 4. The summed E-state index contributed by atoms with van der Waals surface area (Å²) in [7, 11) is 0. The van der Waals surface area contributed by atoms with E-state index in [0.717, 1.165) is 0 Å². The molecule has 0 unspecified atom stereocenters. The van der Waals surface area contributed by atoms with E-state index in [2.05, 4.69) is 0 Å². The second-order valence-electron chi connectivity index (χ2n) is 3.07. The van der Waals surface area contributed by atoms with Crippen LogP contribution in [0.1, 0.15) is 5.56 Å². The second-order valence-corrected chi connectivity index (χ2v) is 3.07. The van der Waals surface area contributed by atoms with Crippen LogP contribution in [0.3, 0.4) is 0 Å². The predicted octanol–water partition coefficient (Wildman–Crippen LogP) is 0.698. The highest BCUT2D eigenvalue weighted by Gasteiger charge is 2.18. The number of aliphatic hydroxyl groups excluding tert-OH is 1. The Kier molecular flexibility index (Phi) is 2.45. The maximum Gasteiger partial charge on any atom is 0.203 e. The molecular weight excluding hydrogens is 184 g/mol. The number of benzene rings is 1. The molecule has 76 valence electrons. The molecule has 1 aliphatic heterocycles. The van der Waals surface area contributed by atoms with Crippen LogP contribution >= 0.6 is 0 Å². The number of phenols is 1. The van der Waals surface area contributed by atoms with Crippen molar-refractivity contribution in [3.8, 4) is 17.2 Å². The van der Waals surface area contributed by atoms with Crippen molar-refractivity contribution in [2.24, 2.45) is 0 Å². The van der Waals surface area contributed by atoms with Gasteiger partial charge in [-0.1, -0.05) is 6.07 Å². The fourth-order valence-electron chi connectivity index (χ4n) is 1.46. The van der Waals surface area contributed by atoms with Crippen LogP contribution in [0.15, 0.2) is 12.1 Å². The van der Waals surface area contributed by atoms with E-state index in [1.165, 1.54) is 0 Å². The largest absolute Gasteiger partial charge is 0.504 e. The van der Waals surface area contributed by atoms with Crippen LogP contribution in [0.5, 0.6) is 17.2 Å². The first kappa shape index (κ1) is 9.15. The Bertz CT molecular complexity index is 335. The summed E-state index contributed by atoms with van der Waals surface area (Å²) in [4.78, 5) is 0. The summed E-state index contributed by atoms with van der Waals surface area (Å²) in [6.45, 7) is 0.960. The van der Waals surface area contributed by atoms with Crippen molar-refractivity contribution in [2.45, 2.75) is 6.42 Å². The fourth-order valence-corrected chi connectivity index (χ4v) is 1.46. The van der Waals surface area contributed by atoms with E-state index in [-0.39, 0.29) is 12.4 Å². The zero-order valence-corrected chi connectivity index (χ0v) is 7.69. The first-order valence-corrected chi connectivity index (χ1v) is 4.54. The molecule has 1 aliphatic rings. The molecule has 14 heavy (non-hydrogen) atoms. The van der Waals surface area contributed by atoms with E-state index < -0.39 is 0 Å². The summed E-state index contributed by atoms with van der Waals surface area (Å²) in [5, 5.41) is 18.5. The highest BCUT2D eigenvalue weighted by molar-refractivity contribution is 5.55. The minimum atomic E-state index is 0.00715. The van der Waals surface area contributed by atoms with Gasteiger partial charge in [-0.15, -0.1) is 0 Å². The van der Waals surface area contributed by atoms with Crippen LogP contribution in [-0.4, -0.2) is 30.0 Å². The van der Waals surface area contributed by atoms with Crippen LogP contribution in [0.2, 0.25) is 0 Å². The molecule has 0 saturated carbocycles. The molecule has 2 N–H and O–H groups in total. The van der Waals surface area contributed by atoms with Crippen LogP contribution < -0.4 is 9.47 Å². The number of aromatic hydroxyl groups is 1. The summed E-state index contributed by atoms with van der Waals surface area (Å²) >= 11 is 0. The van der Waals surface area contributed by atoms with Gasteiger partial charge >= 0.3 is 0 Å². The maximum absolute atomic E-state index is 9.75. The zero-order valence-electron chi connectivity index (χ0n) is 7.69. The van der Waals surface area contributed by atoms with E-state index in [1.807, 2.05) is 0 Å². The van der Waals surface area contributed by atoms with E-state index in [0.29, 0.717) is 36.7 Å². The van der Waals surface area contributed by atoms with Crippen molar-refractivity contribution in [1.82, 2.24) is 0 Å². The van der Waals surface area contributed by atoms with Gasteiger partial charge in [-0.2, -0.15) is 0 Å². The smallest absolute Gasteiger partial charge is 0.203 e. The summed E-state index contributed by atoms with van der Waals surface area (Å²) in [6.07, 6.45) is 0.419. The number of fused-ring (bicyclic) bond motifs is 1. The van der Waals surface area contributed by atoms with E-state index >= 15 is 0 Å². The Hall–Kier alpha value is -1.42. The molecule has 4 nitrogen and oxygen atoms in total. The Morgan fingerprint density at radius 1 is 1.21 bits per heavy atom. The minimum absolute atomic E-state index is 0.00715. The maximum atomic E-state index is 9.75. The molecule has 0 aliphatic carbocycles. The first-order chi connectivity index (χ1) is 6.83. The molecule has 1 aromatic rings. The van der Waals surface area contributed by atoms with Gasteiger partial charge in [0.25, 0.3) is 0 Å². The molecule has 0 aromatic heterocycles. The van der Waals surface area contributed by atoms with Crippen molar-refractivity contribution in [1.29, 1.82) is 0 Å².